The summed E-state index contributed by atoms with van der Waals surface area (Å²) in [6.45, 7) is 0. The summed E-state index contributed by atoms with van der Waals surface area (Å²) < 4.78 is 4.92. The van der Waals surface area contributed by atoms with Crippen LogP contribution in [0.5, 0.6) is 5.75 Å². The van der Waals surface area contributed by atoms with Crippen molar-refractivity contribution in [3.63, 3.8) is 0 Å². The topological polar surface area (TPSA) is 107 Å². The van der Waals surface area contributed by atoms with Gasteiger partial charge >= 0.3 is 5.69 Å². The van der Waals surface area contributed by atoms with Crippen molar-refractivity contribution in [2.45, 2.75) is 37.8 Å². The minimum absolute atomic E-state index is 0. The number of halogens is 1. The lowest BCUT2D eigenvalue weighted by Crippen LogP contribution is -2.40. The molecule has 7 nitrogen and oxygen atoms in total. The molecule has 0 aliphatic heterocycles. The van der Waals surface area contributed by atoms with E-state index in [1.165, 1.54) is 25.3 Å². The third kappa shape index (κ3) is 4.32. The molecule has 1 aromatic carbocycles. The van der Waals surface area contributed by atoms with E-state index in [1.807, 2.05) is 0 Å². The van der Waals surface area contributed by atoms with E-state index in [-0.39, 0.29) is 47.4 Å². The van der Waals surface area contributed by atoms with Crippen molar-refractivity contribution in [1.82, 2.24) is 5.32 Å². The second-order valence-corrected chi connectivity index (χ2v) is 5.23. The Morgan fingerprint density at radius 2 is 2.00 bits per heavy atom. The minimum Gasteiger partial charge on any atom is -0.490 e. The number of hydrogen-bond acceptors (Lipinski definition) is 5. The third-order valence-corrected chi connectivity index (χ3v) is 3.74. The van der Waals surface area contributed by atoms with E-state index in [4.69, 9.17) is 10.5 Å². The molecule has 1 amide bonds. The normalized spacial score (nSPS) is 20.6. The fraction of sp³-hybridized carbons (Fsp3) is 0.500. The molecule has 8 heteroatoms. The number of methoxy groups -OCH3 is 1. The molecule has 0 heterocycles. The number of ether oxygens (including phenoxy) is 1. The van der Waals surface area contributed by atoms with Crippen LogP contribution in [0.4, 0.5) is 5.69 Å². The maximum Gasteiger partial charge on any atom is 0.311 e. The number of rotatable bonds is 4. The number of amides is 1. The zero-order valence-electron chi connectivity index (χ0n) is 12.3. The van der Waals surface area contributed by atoms with Crippen molar-refractivity contribution < 1.29 is 14.5 Å². The highest BCUT2D eigenvalue weighted by Crippen LogP contribution is 2.27. The van der Waals surface area contributed by atoms with Gasteiger partial charge in [-0.2, -0.15) is 0 Å². The number of nitrogens with one attached hydrogen (secondary N) is 1. The average molecular weight is 330 g/mol. The first-order valence-corrected chi connectivity index (χ1v) is 6.90. The predicted octanol–water partition coefficient (Wildman–Crippen LogP) is 2.02. The Morgan fingerprint density at radius 3 is 2.55 bits per heavy atom. The van der Waals surface area contributed by atoms with Crippen molar-refractivity contribution in [2.24, 2.45) is 5.73 Å². The maximum atomic E-state index is 12.2. The van der Waals surface area contributed by atoms with Gasteiger partial charge in [-0.25, -0.2) is 0 Å². The molecule has 0 bridgehead atoms. The van der Waals surface area contributed by atoms with Gasteiger partial charge in [-0.1, -0.05) is 0 Å². The molecule has 0 radical (unpaired) electrons. The first-order valence-electron chi connectivity index (χ1n) is 6.90. The smallest absolute Gasteiger partial charge is 0.311 e. The zero-order chi connectivity index (χ0) is 15.4. The molecule has 1 aliphatic rings. The standard InChI is InChI=1S/C14H19N3O4.ClH/c1-21-13-7-2-9(8-12(13)17(19)20)14(18)16-11-5-3-10(15)4-6-11;/h2,7-8,10-11H,3-6,15H2,1H3,(H,16,18);1H. The van der Waals surface area contributed by atoms with Gasteiger partial charge in [-0.3, -0.25) is 14.9 Å². The van der Waals surface area contributed by atoms with Gasteiger partial charge in [0.1, 0.15) is 0 Å². The number of carbonyl (C=O) groups excluding carboxylic acids is 1. The van der Waals surface area contributed by atoms with Crippen LogP contribution in [0.1, 0.15) is 36.0 Å². The second-order valence-electron chi connectivity index (χ2n) is 5.23. The molecule has 0 spiro atoms. The van der Waals surface area contributed by atoms with Crippen LogP contribution >= 0.6 is 12.4 Å². The molecule has 0 unspecified atom stereocenters. The average Bonchev–Trinajstić information content (AvgIpc) is 2.48. The lowest BCUT2D eigenvalue weighted by atomic mass is 9.91. The van der Waals surface area contributed by atoms with Crippen molar-refractivity contribution >= 4 is 24.0 Å². The molecule has 1 saturated carbocycles. The van der Waals surface area contributed by atoms with Crippen LogP contribution < -0.4 is 15.8 Å². The van der Waals surface area contributed by atoms with Crippen LogP contribution in [-0.2, 0) is 0 Å². The molecule has 122 valence electrons. The van der Waals surface area contributed by atoms with Crippen molar-refractivity contribution in [3.05, 3.63) is 33.9 Å². The fourth-order valence-corrected chi connectivity index (χ4v) is 2.51. The van der Waals surface area contributed by atoms with Gasteiger partial charge in [-0.15, -0.1) is 12.4 Å². The van der Waals surface area contributed by atoms with Crippen molar-refractivity contribution in [1.29, 1.82) is 0 Å². The first kappa shape index (κ1) is 18.2. The Balaban J connectivity index is 0.00000242. The summed E-state index contributed by atoms with van der Waals surface area (Å²) in [5, 5.41) is 13.9. The highest BCUT2D eigenvalue weighted by atomic mass is 35.5. The molecule has 1 fully saturated rings. The van der Waals surface area contributed by atoms with Crippen LogP contribution in [-0.4, -0.2) is 30.0 Å². The molecule has 0 atom stereocenters. The first-order chi connectivity index (χ1) is 10.0. The van der Waals surface area contributed by atoms with Gasteiger partial charge in [0, 0.05) is 23.7 Å². The number of nitro benzene ring substituents is 1. The quantitative estimate of drug-likeness (QED) is 0.649. The molecular formula is C14H20ClN3O4. The highest BCUT2D eigenvalue weighted by Gasteiger charge is 2.22. The Kier molecular flexibility index (Phi) is 6.58. The summed E-state index contributed by atoms with van der Waals surface area (Å²) in [5.41, 5.74) is 5.87. The lowest BCUT2D eigenvalue weighted by Gasteiger charge is -2.26. The summed E-state index contributed by atoms with van der Waals surface area (Å²) >= 11 is 0. The van der Waals surface area contributed by atoms with E-state index in [0.29, 0.717) is 0 Å². The van der Waals surface area contributed by atoms with E-state index in [0.717, 1.165) is 25.7 Å². The van der Waals surface area contributed by atoms with Crippen molar-refractivity contribution in [3.8, 4) is 5.75 Å². The van der Waals surface area contributed by atoms with Crippen LogP contribution in [0.2, 0.25) is 0 Å². The molecule has 1 aromatic rings. The van der Waals surface area contributed by atoms with Gasteiger partial charge in [0.25, 0.3) is 5.91 Å². The number of carbonyl (C=O) groups is 1. The van der Waals surface area contributed by atoms with Crippen LogP contribution in [0.25, 0.3) is 0 Å². The molecule has 2 rings (SSSR count). The SMILES string of the molecule is COc1ccc(C(=O)NC2CCC(N)CC2)cc1[N+](=O)[O-].Cl. The summed E-state index contributed by atoms with van der Waals surface area (Å²) in [7, 11) is 1.35. The minimum atomic E-state index is -0.560. The molecule has 1 aliphatic carbocycles. The van der Waals surface area contributed by atoms with E-state index < -0.39 is 4.92 Å². The van der Waals surface area contributed by atoms with Crippen LogP contribution in [0.15, 0.2) is 18.2 Å². The number of hydrogen-bond donors (Lipinski definition) is 2. The Bertz CT molecular complexity index is 545. The highest BCUT2D eigenvalue weighted by molar-refractivity contribution is 5.95. The predicted molar refractivity (Wildman–Crippen MR) is 84.6 cm³/mol. The molecule has 0 aromatic heterocycles. The second kappa shape index (κ2) is 7.95. The monoisotopic (exact) mass is 329 g/mol. The van der Waals surface area contributed by atoms with Crippen LogP contribution in [0, 0.1) is 10.1 Å². The maximum absolute atomic E-state index is 12.2. The summed E-state index contributed by atoms with van der Waals surface area (Å²) in [5.74, 6) is -0.165. The van der Waals surface area contributed by atoms with E-state index in [9.17, 15) is 14.9 Å². The van der Waals surface area contributed by atoms with Gasteiger partial charge < -0.3 is 15.8 Å². The van der Waals surface area contributed by atoms with Crippen molar-refractivity contribution in [2.75, 3.05) is 7.11 Å². The van der Waals surface area contributed by atoms with Gasteiger partial charge in [0.05, 0.1) is 12.0 Å². The number of nitrogens with zero attached hydrogens (tertiary/aromatic N) is 1. The number of nitrogens with two attached hydrogens (primary N) is 1. The van der Waals surface area contributed by atoms with E-state index in [1.54, 1.807) is 0 Å². The van der Waals surface area contributed by atoms with E-state index >= 15 is 0 Å². The summed E-state index contributed by atoms with van der Waals surface area (Å²) in [6, 6.07) is 4.49. The van der Waals surface area contributed by atoms with E-state index in [2.05, 4.69) is 5.32 Å². The lowest BCUT2D eigenvalue weighted by molar-refractivity contribution is -0.385. The fourth-order valence-electron chi connectivity index (χ4n) is 2.51. The van der Waals surface area contributed by atoms with Crippen LogP contribution in [0.3, 0.4) is 0 Å². The van der Waals surface area contributed by atoms with Gasteiger partial charge in [-0.05, 0) is 37.8 Å². The Hall–Kier alpha value is -1.86. The Morgan fingerprint density at radius 1 is 1.36 bits per heavy atom. The third-order valence-electron chi connectivity index (χ3n) is 3.74. The van der Waals surface area contributed by atoms with Gasteiger partial charge in [0.2, 0.25) is 0 Å². The molecular weight excluding hydrogens is 310 g/mol. The Labute approximate surface area is 134 Å². The van der Waals surface area contributed by atoms with Gasteiger partial charge in [0.15, 0.2) is 5.75 Å². The molecule has 0 saturated heterocycles. The summed E-state index contributed by atoms with van der Waals surface area (Å²) in [4.78, 5) is 22.6. The molecule has 3 N–H and O–H groups in total. The number of benzene rings is 1. The zero-order valence-corrected chi connectivity index (χ0v) is 13.1. The number of nitro groups is 1. The summed E-state index contributed by atoms with van der Waals surface area (Å²) in [6.07, 6.45) is 3.44. The largest absolute Gasteiger partial charge is 0.490 e. The molecule has 22 heavy (non-hydrogen) atoms.